The summed E-state index contributed by atoms with van der Waals surface area (Å²) in [6.07, 6.45) is 0. The maximum atomic E-state index is 9.73. The minimum absolute atomic E-state index is 0.0779. The average molecular weight is 232 g/mol. The third-order valence-electron chi connectivity index (χ3n) is 1.85. The Kier molecular flexibility index (Phi) is 4.68. The van der Waals surface area contributed by atoms with Crippen LogP contribution in [0.25, 0.3) is 0 Å². The SMILES string of the molecule is CCONCc1cc(Cl)cc(OC)c1O. The predicted octanol–water partition coefficient (Wildman–Crippen LogP) is 2.10. The number of phenolic OH excluding ortho intramolecular Hbond substituents is 1. The van der Waals surface area contributed by atoms with Crippen molar-refractivity contribution < 1.29 is 14.7 Å². The molecule has 0 bridgehead atoms. The number of rotatable bonds is 5. The number of hydrogen-bond acceptors (Lipinski definition) is 4. The molecule has 0 saturated carbocycles. The summed E-state index contributed by atoms with van der Waals surface area (Å²) in [5, 5.41) is 10.2. The summed E-state index contributed by atoms with van der Waals surface area (Å²) in [7, 11) is 1.48. The van der Waals surface area contributed by atoms with E-state index in [2.05, 4.69) is 5.48 Å². The second kappa shape index (κ2) is 5.80. The Bertz CT molecular complexity index is 331. The minimum atomic E-state index is 0.0779. The van der Waals surface area contributed by atoms with E-state index in [1.165, 1.54) is 7.11 Å². The lowest BCUT2D eigenvalue weighted by atomic mass is 10.2. The van der Waals surface area contributed by atoms with Crippen LogP contribution in [-0.4, -0.2) is 18.8 Å². The van der Waals surface area contributed by atoms with Gasteiger partial charge in [0.05, 0.1) is 13.7 Å². The summed E-state index contributed by atoms with van der Waals surface area (Å²) in [4.78, 5) is 4.96. The van der Waals surface area contributed by atoms with Gasteiger partial charge in [0.2, 0.25) is 0 Å². The number of hydroxylamine groups is 1. The topological polar surface area (TPSA) is 50.7 Å². The molecule has 0 atom stereocenters. The molecule has 0 aliphatic carbocycles. The van der Waals surface area contributed by atoms with E-state index in [0.717, 1.165) is 0 Å². The normalized spacial score (nSPS) is 10.3. The van der Waals surface area contributed by atoms with Gasteiger partial charge in [-0.1, -0.05) is 11.6 Å². The van der Waals surface area contributed by atoms with E-state index in [9.17, 15) is 5.11 Å². The molecule has 0 saturated heterocycles. The molecule has 1 aromatic rings. The Balaban J connectivity index is 2.81. The Hall–Kier alpha value is -0.970. The van der Waals surface area contributed by atoms with Crippen molar-refractivity contribution in [1.29, 1.82) is 0 Å². The highest BCUT2D eigenvalue weighted by molar-refractivity contribution is 6.30. The summed E-state index contributed by atoms with van der Waals surface area (Å²) in [5.74, 6) is 0.435. The van der Waals surface area contributed by atoms with Crippen LogP contribution in [0.2, 0.25) is 5.02 Å². The van der Waals surface area contributed by atoms with E-state index in [0.29, 0.717) is 29.5 Å². The molecule has 0 amide bonds. The molecule has 0 heterocycles. The van der Waals surface area contributed by atoms with Gasteiger partial charge in [0.15, 0.2) is 11.5 Å². The van der Waals surface area contributed by atoms with Crippen molar-refractivity contribution in [3.8, 4) is 11.5 Å². The van der Waals surface area contributed by atoms with Gasteiger partial charge in [-0.15, -0.1) is 0 Å². The van der Waals surface area contributed by atoms with Gasteiger partial charge in [-0.25, -0.2) is 0 Å². The zero-order valence-corrected chi connectivity index (χ0v) is 9.47. The Morgan fingerprint density at radius 2 is 2.20 bits per heavy atom. The fraction of sp³-hybridized carbons (Fsp3) is 0.400. The average Bonchev–Trinajstić information content (AvgIpc) is 2.23. The van der Waals surface area contributed by atoms with Crippen LogP contribution in [-0.2, 0) is 11.4 Å². The lowest BCUT2D eigenvalue weighted by molar-refractivity contribution is 0.0458. The molecule has 0 radical (unpaired) electrons. The number of hydrogen-bond donors (Lipinski definition) is 2. The van der Waals surface area contributed by atoms with Crippen LogP contribution in [0.4, 0.5) is 0 Å². The van der Waals surface area contributed by atoms with Crippen LogP contribution in [0.1, 0.15) is 12.5 Å². The van der Waals surface area contributed by atoms with Crippen molar-refractivity contribution in [2.24, 2.45) is 0 Å². The maximum absolute atomic E-state index is 9.73. The molecule has 0 aromatic heterocycles. The standard InChI is InChI=1S/C10H14ClNO3/c1-3-15-12-6-7-4-8(11)5-9(14-2)10(7)13/h4-5,12-13H,3,6H2,1-2H3. The van der Waals surface area contributed by atoms with Gasteiger partial charge in [0.25, 0.3) is 0 Å². The molecule has 0 aliphatic rings. The molecule has 0 fully saturated rings. The fourth-order valence-electron chi connectivity index (χ4n) is 1.15. The minimum Gasteiger partial charge on any atom is -0.504 e. The van der Waals surface area contributed by atoms with Crippen molar-refractivity contribution in [3.63, 3.8) is 0 Å². The van der Waals surface area contributed by atoms with E-state index in [4.69, 9.17) is 21.2 Å². The first-order valence-electron chi connectivity index (χ1n) is 4.59. The number of benzene rings is 1. The van der Waals surface area contributed by atoms with Crippen LogP contribution >= 0.6 is 11.6 Å². The highest BCUT2D eigenvalue weighted by Crippen LogP contribution is 2.33. The van der Waals surface area contributed by atoms with Crippen molar-refractivity contribution in [1.82, 2.24) is 5.48 Å². The highest BCUT2D eigenvalue weighted by Gasteiger charge is 2.09. The molecule has 2 N–H and O–H groups in total. The first-order valence-corrected chi connectivity index (χ1v) is 4.96. The molecule has 0 aliphatic heterocycles. The molecule has 1 aromatic carbocycles. The summed E-state index contributed by atoms with van der Waals surface area (Å²) in [6, 6.07) is 3.21. The van der Waals surface area contributed by atoms with Crippen LogP contribution < -0.4 is 10.2 Å². The van der Waals surface area contributed by atoms with E-state index >= 15 is 0 Å². The quantitative estimate of drug-likeness (QED) is 0.602. The van der Waals surface area contributed by atoms with E-state index in [-0.39, 0.29) is 5.75 Å². The van der Waals surface area contributed by atoms with Gasteiger partial charge < -0.3 is 14.7 Å². The van der Waals surface area contributed by atoms with Crippen LogP contribution in [0, 0.1) is 0 Å². The molecule has 0 spiro atoms. The van der Waals surface area contributed by atoms with Gasteiger partial charge in [-0.3, -0.25) is 0 Å². The lowest BCUT2D eigenvalue weighted by Crippen LogP contribution is -2.13. The Morgan fingerprint density at radius 1 is 1.47 bits per heavy atom. The molecular formula is C10H14ClNO3. The van der Waals surface area contributed by atoms with Crippen LogP contribution in [0.3, 0.4) is 0 Å². The number of methoxy groups -OCH3 is 1. The number of halogens is 1. The second-order valence-electron chi connectivity index (χ2n) is 2.87. The Labute approximate surface area is 93.7 Å². The fourth-order valence-corrected chi connectivity index (χ4v) is 1.38. The van der Waals surface area contributed by atoms with Crippen LogP contribution in [0.5, 0.6) is 11.5 Å². The van der Waals surface area contributed by atoms with Gasteiger partial charge >= 0.3 is 0 Å². The first-order chi connectivity index (χ1) is 7.19. The number of aromatic hydroxyl groups is 1. The predicted molar refractivity (Wildman–Crippen MR) is 58.1 cm³/mol. The zero-order chi connectivity index (χ0) is 11.3. The largest absolute Gasteiger partial charge is 0.504 e. The smallest absolute Gasteiger partial charge is 0.162 e. The van der Waals surface area contributed by atoms with E-state index < -0.39 is 0 Å². The lowest BCUT2D eigenvalue weighted by Gasteiger charge is -2.10. The third kappa shape index (κ3) is 3.27. The molecule has 84 valence electrons. The zero-order valence-electron chi connectivity index (χ0n) is 8.71. The molecule has 0 unspecified atom stereocenters. The van der Waals surface area contributed by atoms with E-state index in [1.54, 1.807) is 12.1 Å². The number of ether oxygens (including phenoxy) is 1. The first kappa shape index (κ1) is 12.1. The summed E-state index contributed by atoms with van der Waals surface area (Å²) < 4.78 is 4.97. The van der Waals surface area contributed by atoms with Gasteiger partial charge in [-0.2, -0.15) is 5.48 Å². The molecule has 1 rings (SSSR count). The van der Waals surface area contributed by atoms with Crippen molar-refractivity contribution in [2.45, 2.75) is 13.5 Å². The maximum Gasteiger partial charge on any atom is 0.162 e. The van der Waals surface area contributed by atoms with Crippen molar-refractivity contribution in [3.05, 3.63) is 22.7 Å². The number of phenols is 1. The van der Waals surface area contributed by atoms with E-state index in [1.807, 2.05) is 6.92 Å². The van der Waals surface area contributed by atoms with Crippen molar-refractivity contribution in [2.75, 3.05) is 13.7 Å². The summed E-state index contributed by atoms with van der Waals surface area (Å²) in [5.41, 5.74) is 3.33. The van der Waals surface area contributed by atoms with Gasteiger partial charge in [0.1, 0.15) is 0 Å². The molecule has 4 nitrogen and oxygen atoms in total. The molecular weight excluding hydrogens is 218 g/mol. The summed E-state index contributed by atoms with van der Waals surface area (Å²) >= 11 is 5.85. The van der Waals surface area contributed by atoms with Crippen LogP contribution in [0.15, 0.2) is 12.1 Å². The van der Waals surface area contributed by atoms with Gasteiger partial charge in [0, 0.05) is 23.2 Å². The Morgan fingerprint density at radius 3 is 2.80 bits per heavy atom. The number of nitrogens with one attached hydrogen (secondary N) is 1. The summed E-state index contributed by atoms with van der Waals surface area (Å²) in [6.45, 7) is 2.79. The molecule has 15 heavy (non-hydrogen) atoms. The highest BCUT2D eigenvalue weighted by atomic mass is 35.5. The van der Waals surface area contributed by atoms with Gasteiger partial charge in [-0.05, 0) is 13.0 Å². The molecule has 5 heteroatoms. The monoisotopic (exact) mass is 231 g/mol. The third-order valence-corrected chi connectivity index (χ3v) is 2.07. The van der Waals surface area contributed by atoms with Crippen molar-refractivity contribution >= 4 is 11.6 Å². The second-order valence-corrected chi connectivity index (χ2v) is 3.31.